The molecule has 0 spiro atoms. The minimum Gasteiger partial charge on any atom is -0.493 e. The fourth-order valence-electron chi connectivity index (χ4n) is 2.13. The van der Waals surface area contributed by atoms with Crippen molar-refractivity contribution in [1.29, 1.82) is 0 Å². The zero-order valence-electron chi connectivity index (χ0n) is 14.6. The molecule has 0 saturated heterocycles. The molecule has 0 bridgehead atoms. The van der Waals surface area contributed by atoms with Crippen LogP contribution in [0.5, 0.6) is 17.2 Å². The highest BCUT2D eigenvalue weighted by Gasteiger charge is 2.15. The molecule has 0 amide bonds. The highest BCUT2D eigenvalue weighted by molar-refractivity contribution is 5.79. The monoisotopic (exact) mass is 325 g/mol. The van der Waals surface area contributed by atoms with E-state index in [4.69, 9.17) is 18.9 Å². The SMILES string of the molecule is CN=C(NCCCOC)NCc1ccc(OC)c(OC)c1OC. The van der Waals surface area contributed by atoms with Gasteiger partial charge in [0.05, 0.1) is 21.3 Å². The maximum atomic E-state index is 5.47. The molecular formula is C16H27N3O4. The van der Waals surface area contributed by atoms with E-state index >= 15 is 0 Å². The summed E-state index contributed by atoms with van der Waals surface area (Å²) >= 11 is 0. The van der Waals surface area contributed by atoms with Gasteiger partial charge in [-0.15, -0.1) is 0 Å². The lowest BCUT2D eigenvalue weighted by Gasteiger charge is -2.17. The van der Waals surface area contributed by atoms with E-state index in [0.717, 1.165) is 24.5 Å². The predicted octanol–water partition coefficient (Wildman–Crippen LogP) is 1.41. The van der Waals surface area contributed by atoms with Gasteiger partial charge in [0.1, 0.15) is 0 Å². The summed E-state index contributed by atoms with van der Waals surface area (Å²) in [5, 5.41) is 6.47. The summed E-state index contributed by atoms with van der Waals surface area (Å²) in [6.45, 7) is 2.05. The van der Waals surface area contributed by atoms with Crippen molar-refractivity contribution in [2.75, 3.05) is 48.6 Å². The number of methoxy groups -OCH3 is 4. The van der Waals surface area contributed by atoms with Crippen LogP contribution in [0, 0.1) is 0 Å². The van der Waals surface area contributed by atoms with Gasteiger partial charge in [-0.3, -0.25) is 4.99 Å². The Morgan fingerprint density at radius 3 is 2.30 bits per heavy atom. The van der Waals surface area contributed by atoms with Gasteiger partial charge in [-0.05, 0) is 18.6 Å². The second-order valence-corrected chi connectivity index (χ2v) is 4.69. The average Bonchev–Trinajstić information content (AvgIpc) is 2.60. The van der Waals surface area contributed by atoms with Crippen molar-refractivity contribution in [3.05, 3.63) is 17.7 Å². The molecule has 0 aliphatic heterocycles. The van der Waals surface area contributed by atoms with E-state index in [1.54, 1.807) is 35.5 Å². The summed E-state index contributed by atoms with van der Waals surface area (Å²) < 4.78 is 21.2. The Bertz CT molecular complexity index is 506. The minimum atomic E-state index is 0.549. The Kier molecular flexibility index (Phi) is 8.67. The summed E-state index contributed by atoms with van der Waals surface area (Å²) in [6, 6.07) is 3.79. The maximum Gasteiger partial charge on any atom is 0.203 e. The first-order valence-electron chi connectivity index (χ1n) is 7.43. The van der Waals surface area contributed by atoms with Gasteiger partial charge in [-0.1, -0.05) is 0 Å². The van der Waals surface area contributed by atoms with Crippen molar-refractivity contribution in [3.63, 3.8) is 0 Å². The van der Waals surface area contributed by atoms with Gasteiger partial charge < -0.3 is 29.6 Å². The van der Waals surface area contributed by atoms with Gasteiger partial charge in [0, 0.05) is 39.4 Å². The van der Waals surface area contributed by atoms with Crippen molar-refractivity contribution in [2.45, 2.75) is 13.0 Å². The number of benzene rings is 1. The van der Waals surface area contributed by atoms with Crippen LogP contribution in [0.2, 0.25) is 0 Å². The summed E-state index contributed by atoms with van der Waals surface area (Å²) in [6.07, 6.45) is 0.914. The van der Waals surface area contributed by atoms with Crippen LogP contribution < -0.4 is 24.8 Å². The molecule has 0 saturated carbocycles. The number of nitrogens with zero attached hydrogens (tertiary/aromatic N) is 1. The molecule has 1 aromatic carbocycles. The minimum absolute atomic E-state index is 0.549. The van der Waals surface area contributed by atoms with Crippen molar-refractivity contribution in [2.24, 2.45) is 4.99 Å². The van der Waals surface area contributed by atoms with Crippen molar-refractivity contribution in [3.8, 4) is 17.2 Å². The molecule has 1 aromatic rings. The molecule has 0 atom stereocenters. The predicted molar refractivity (Wildman–Crippen MR) is 90.8 cm³/mol. The zero-order chi connectivity index (χ0) is 17.1. The van der Waals surface area contributed by atoms with Crippen LogP contribution in [0.1, 0.15) is 12.0 Å². The Labute approximate surface area is 138 Å². The molecule has 0 radical (unpaired) electrons. The molecule has 0 fully saturated rings. The Morgan fingerprint density at radius 2 is 1.74 bits per heavy atom. The highest BCUT2D eigenvalue weighted by Crippen LogP contribution is 2.39. The first-order chi connectivity index (χ1) is 11.2. The fraction of sp³-hybridized carbons (Fsp3) is 0.562. The zero-order valence-corrected chi connectivity index (χ0v) is 14.6. The van der Waals surface area contributed by atoms with E-state index in [2.05, 4.69) is 15.6 Å². The first kappa shape index (κ1) is 18.9. The second kappa shape index (κ2) is 10.6. The molecule has 7 nitrogen and oxygen atoms in total. The molecule has 0 heterocycles. The molecule has 2 N–H and O–H groups in total. The smallest absolute Gasteiger partial charge is 0.203 e. The number of hydrogen-bond donors (Lipinski definition) is 2. The van der Waals surface area contributed by atoms with Crippen LogP contribution in [-0.4, -0.2) is 54.6 Å². The molecule has 130 valence electrons. The standard InChI is InChI=1S/C16H27N3O4/c1-17-16(18-9-6-10-20-2)19-11-12-7-8-13(21-3)15(23-5)14(12)22-4/h7-8H,6,9-11H2,1-5H3,(H2,17,18,19). The molecule has 0 unspecified atom stereocenters. The van der Waals surface area contributed by atoms with Crippen LogP contribution in [0.4, 0.5) is 0 Å². The highest BCUT2D eigenvalue weighted by atomic mass is 16.5. The van der Waals surface area contributed by atoms with E-state index in [9.17, 15) is 0 Å². The van der Waals surface area contributed by atoms with Gasteiger partial charge in [0.15, 0.2) is 17.5 Å². The van der Waals surface area contributed by atoms with Crippen LogP contribution in [0.15, 0.2) is 17.1 Å². The van der Waals surface area contributed by atoms with Gasteiger partial charge >= 0.3 is 0 Å². The van der Waals surface area contributed by atoms with Gasteiger partial charge in [0.2, 0.25) is 5.75 Å². The molecular weight excluding hydrogens is 298 g/mol. The number of ether oxygens (including phenoxy) is 4. The number of rotatable bonds is 9. The summed E-state index contributed by atoms with van der Waals surface area (Å²) in [5.41, 5.74) is 0.949. The first-order valence-corrected chi connectivity index (χ1v) is 7.43. The van der Waals surface area contributed by atoms with Crippen LogP contribution in [-0.2, 0) is 11.3 Å². The Morgan fingerprint density at radius 1 is 1.00 bits per heavy atom. The van der Waals surface area contributed by atoms with E-state index in [-0.39, 0.29) is 0 Å². The van der Waals surface area contributed by atoms with Crippen LogP contribution >= 0.6 is 0 Å². The average molecular weight is 325 g/mol. The number of aliphatic imine (C=N–C) groups is 1. The molecule has 0 aliphatic rings. The Hall–Kier alpha value is -2.15. The van der Waals surface area contributed by atoms with E-state index in [0.29, 0.717) is 30.4 Å². The largest absolute Gasteiger partial charge is 0.493 e. The molecule has 0 aliphatic carbocycles. The Balaban J connectivity index is 2.72. The second-order valence-electron chi connectivity index (χ2n) is 4.69. The third kappa shape index (κ3) is 5.52. The summed E-state index contributed by atoms with van der Waals surface area (Å²) in [7, 11) is 8.22. The number of guanidine groups is 1. The lowest BCUT2D eigenvalue weighted by Crippen LogP contribution is -2.37. The summed E-state index contributed by atoms with van der Waals surface area (Å²) in [5.74, 6) is 2.58. The fourth-order valence-corrected chi connectivity index (χ4v) is 2.13. The molecule has 1 rings (SSSR count). The van der Waals surface area contributed by atoms with Gasteiger partial charge in [0.25, 0.3) is 0 Å². The van der Waals surface area contributed by atoms with Crippen molar-refractivity contribution < 1.29 is 18.9 Å². The van der Waals surface area contributed by atoms with Gasteiger partial charge in [-0.25, -0.2) is 0 Å². The third-order valence-corrected chi connectivity index (χ3v) is 3.27. The number of nitrogens with one attached hydrogen (secondary N) is 2. The van der Waals surface area contributed by atoms with E-state index < -0.39 is 0 Å². The van der Waals surface area contributed by atoms with E-state index in [1.165, 1.54) is 0 Å². The molecule has 23 heavy (non-hydrogen) atoms. The normalized spacial score (nSPS) is 11.1. The third-order valence-electron chi connectivity index (χ3n) is 3.27. The van der Waals surface area contributed by atoms with E-state index in [1.807, 2.05) is 12.1 Å². The quantitative estimate of drug-likeness (QED) is 0.406. The molecule has 0 aromatic heterocycles. The van der Waals surface area contributed by atoms with Gasteiger partial charge in [-0.2, -0.15) is 0 Å². The molecule has 7 heteroatoms. The topological polar surface area (TPSA) is 73.3 Å². The lowest BCUT2D eigenvalue weighted by molar-refractivity contribution is 0.195. The van der Waals surface area contributed by atoms with Crippen molar-refractivity contribution >= 4 is 5.96 Å². The van der Waals surface area contributed by atoms with Crippen molar-refractivity contribution in [1.82, 2.24) is 10.6 Å². The maximum absolute atomic E-state index is 5.47. The summed E-state index contributed by atoms with van der Waals surface area (Å²) in [4.78, 5) is 4.19. The number of hydrogen-bond acceptors (Lipinski definition) is 5. The van der Waals surface area contributed by atoms with Crippen LogP contribution in [0.25, 0.3) is 0 Å². The van der Waals surface area contributed by atoms with Crippen LogP contribution in [0.3, 0.4) is 0 Å². The lowest BCUT2D eigenvalue weighted by atomic mass is 10.1.